The Kier molecular flexibility index (Phi) is 8.61. The van der Waals surface area contributed by atoms with Gasteiger partial charge in [0.2, 0.25) is 11.9 Å². The number of rotatable bonds is 8. The molecule has 0 aromatic heterocycles. The van der Waals surface area contributed by atoms with Gasteiger partial charge in [0.1, 0.15) is 13.2 Å². The number of nitrogens with zero attached hydrogens (tertiary/aromatic N) is 1. The average Bonchev–Trinajstić information content (AvgIpc) is 2.82. The predicted octanol–water partition coefficient (Wildman–Crippen LogP) is 3.50. The van der Waals surface area contributed by atoms with Crippen molar-refractivity contribution in [2.45, 2.75) is 45.4 Å². The van der Waals surface area contributed by atoms with Crippen LogP contribution < -0.4 is 16.0 Å². The van der Waals surface area contributed by atoms with Crippen molar-refractivity contribution in [2.24, 2.45) is 10.9 Å². The highest BCUT2D eigenvalue weighted by atomic mass is 16.6. The van der Waals surface area contributed by atoms with Crippen LogP contribution in [0, 0.1) is 5.92 Å². The van der Waals surface area contributed by atoms with Crippen LogP contribution >= 0.6 is 0 Å². The molecule has 3 rings (SSSR count). The van der Waals surface area contributed by atoms with E-state index in [-0.39, 0.29) is 36.5 Å². The van der Waals surface area contributed by atoms with Gasteiger partial charge in [0.05, 0.1) is 5.92 Å². The number of hydrogen-bond acceptors (Lipinski definition) is 6. The Balaban J connectivity index is 1.53. The molecule has 9 nitrogen and oxygen atoms in total. The normalized spacial score (nSPS) is 15.8. The lowest BCUT2D eigenvalue weighted by molar-refractivity contribution is -0.140. The van der Waals surface area contributed by atoms with Gasteiger partial charge < -0.3 is 14.8 Å². The van der Waals surface area contributed by atoms with E-state index in [0.717, 1.165) is 11.1 Å². The molecule has 1 unspecified atom stereocenters. The van der Waals surface area contributed by atoms with Crippen molar-refractivity contribution in [1.82, 2.24) is 16.0 Å². The summed E-state index contributed by atoms with van der Waals surface area (Å²) in [6.07, 6.45) is -0.269. The van der Waals surface area contributed by atoms with E-state index in [1.165, 1.54) is 0 Å². The second-order valence-electron chi connectivity index (χ2n) is 8.51. The molecule has 9 heteroatoms. The number of nitrogens with one attached hydrogen (secondary N) is 3. The Morgan fingerprint density at radius 2 is 1.41 bits per heavy atom. The Hall–Kier alpha value is -3.88. The Morgan fingerprint density at radius 3 is 1.85 bits per heavy atom. The molecule has 0 radical (unpaired) electrons. The van der Waals surface area contributed by atoms with Crippen LogP contribution in [-0.4, -0.2) is 36.1 Å². The maximum atomic E-state index is 12.3. The standard InChI is InChI=1S/C25H30N4O5/c1-25(2)20(21(30)29-25)14-9-15-26-22(27-23(31)33-16-18-10-5-3-6-11-18)28-24(32)34-17-19-12-7-4-8-13-19/h3-8,10-13,20H,9,14-17H2,1-2H3,(H,29,30)(H2,26,27,28,31,32). The van der Waals surface area contributed by atoms with Crippen molar-refractivity contribution in [3.8, 4) is 0 Å². The van der Waals surface area contributed by atoms with Crippen LogP contribution in [0.2, 0.25) is 0 Å². The fourth-order valence-corrected chi connectivity index (χ4v) is 3.54. The SMILES string of the molecule is CC1(C)NC(=O)C1CCCN=C(NC(=O)OCc1ccccc1)NC(=O)OCc1ccccc1. The van der Waals surface area contributed by atoms with Gasteiger partial charge in [-0.05, 0) is 37.8 Å². The molecule has 3 N–H and O–H groups in total. The quantitative estimate of drug-likeness (QED) is 0.238. The highest BCUT2D eigenvalue weighted by Crippen LogP contribution is 2.30. The van der Waals surface area contributed by atoms with Crippen LogP contribution in [0.15, 0.2) is 65.7 Å². The van der Waals surface area contributed by atoms with E-state index in [9.17, 15) is 14.4 Å². The molecular weight excluding hydrogens is 436 g/mol. The van der Waals surface area contributed by atoms with Gasteiger partial charge >= 0.3 is 12.2 Å². The fourth-order valence-electron chi connectivity index (χ4n) is 3.54. The number of ether oxygens (including phenoxy) is 2. The van der Waals surface area contributed by atoms with Gasteiger partial charge in [-0.1, -0.05) is 60.7 Å². The van der Waals surface area contributed by atoms with Crippen molar-refractivity contribution < 1.29 is 23.9 Å². The van der Waals surface area contributed by atoms with E-state index >= 15 is 0 Å². The summed E-state index contributed by atoms with van der Waals surface area (Å²) in [4.78, 5) is 40.5. The maximum Gasteiger partial charge on any atom is 0.414 e. The van der Waals surface area contributed by atoms with Gasteiger partial charge in [0.25, 0.3) is 0 Å². The van der Waals surface area contributed by atoms with Crippen molar-refractivity contribution in [2.75, 3.05) is 6.54 Å². The van der Waals surface area contributed by atoms with Gasteiger partial charge in [0.15, 0.2) is 0 Å². The van der Waals surface area contributed by atoms with Crippen molar-refractivity contribution >= 4 is 24.1 Å². The number of aliphatic imine (C=N–C) groups is 1. The monoisotopic (exact) mass is 466 g/mol. The molecule has 2 aromatic carbocycles. The highest BCUT2D eigenvalue weighted by molar-refractivity contribution is 6.01. The lowest BCUT2D eigenvalue weighted by Crippen LogP contribution is -2.65. The Bertz CT molecular complexity index is 949. The first-order valence-corrected chi connectivity index (χ1v) is 11.2. The maximum absolute atomic E-state index is 12.3. The largest absolute Gasteiger partial charge is 0.444 e. The van der Waals surface area contributed by atoms with Gasteiger partial charge in [-0.3, -0.25) is 20.4 Å². The molecule has 0 spiro atoms. The van der Waals surface area contributed by atoms with Crippen LogP contribution in [-0.2, 0) is 27.5 Å². The lowest BCUT2D eigenvalue weighted by atomic mass is 9.76. The number of hydrogen-bond donors (Lipinski definition) is 3. The number of alkyl carbamates (subject to hydrolysis) is 2. The molecule has 0 bridgehead atoms. The summed E-state index contributed by atoms with van der Waals surface area (Å²) >= 11 is 0. The zero-order chi connectivity index (χ0) is 24.4. The number of guanidine groups is 1. The first-order valence-electron chi connectivity index (χ1n) is 11.2. The number of carbonyl (C=O) groups is 3. The number of carbonyl (C=O) groups excluding carboxylic acids is 3. The summed E-state index contributed by atoms with van der Waals surface area (Å²) in [7, 11) is 0. The van der Waals surface area contributed by atoms with E-state index in [4.69, 9.17) is 9.47 Å². The summed E-state index contributed by atoms with van der Waals surface area (Å²) in [5.74, 6) is -0.133. The topological polar surface area (TPSA) is 118 Å². The van der Waals surface area contributed by atoms with Gasteiger partial charge in [-0.25, -0.2) is 9.59 Å². The third-order valence-electron chi connectivity index (χ3n) is 5.42. The zero-order valence-corrected chi connectivity index (χ0v) is 19.4. The molecule has 2 aromatic rings. The summed E-state index contributed by atoms with van der Waals surface area (Å²) in [6.45, 7) is 4.40. The summed E-state index contributed by atoms with van der Waals surface area (Å²) < 4.78 is 10.4. The van der Waals surface area contributed by atoms with Crippen LogP contribution in [0.3, 0.4) is 0 Å². The fraction of sp³-hybridized carbons (Fsp3) is 0.360. The first kappa shape index (κ1) is 24.8. The molecule has 3 amide bonds. The molecule has 34 heavy (non-hydrogen) atoms. The van der Waals surface area contributed by atoms with E-state index in [2.05, 4.69) is 20.9 Å². The predicted molar refractivity (Wildman–Crippen MR) is 127 cm³/mol. The Labute approximate surface area is 198 Å². The highest BCUT2D eigenvalue weighted by Gasteiger charge is 2.45. The minimum Gasteiger partial charge on any atom is -0.444 e. The molecular formula is C25H30N4O5. The third kappa shape index (κ3) is 7.61. The summed E-state index contributed by atoms with van der Waals surface area (Å²) in [5, 5.41) is 7.78. The molecule has 1 atom stereocenters. The van der Waals surface area contributed by atoms with Crippen LogP contribution in [0.4, 0.5) is 9.59 Å². The average molecular weight is 467 g/mol. The molecule has 1 heterocycles. The molecule has 1 aliphatic heterocycles. The molecule has 1 saturated heterocycles. The lowest BCUT2D eigenvalue weighted by Gasteiger charge is -2.44. The third-order valence-corrected chi connectivity index (χ3v) is 5.42. The van der Waals surface area contributed by atoms with Gasteiger partial charge in [-0.15, -0.1) is 0 Å². The first-order chi connectivity index (χ1) is 16.3. The molecule has 180 valence electrons. The number of amides is 3. The zero-order valence-electron chi connectivity index (χ0n) is 19.4. The van der Waals surface area contributed by atoms with Crippen molar-refractivity contribution in [1.29, 1.82) is 0 Å². The van der Waals surface area contributed by atoms with E-state index in [1.807, 2.05) is 74.5 Å². The summed E-state index contributed by atoms with van der Waals surface area (Å²) in [6, 6.07) is 18.4. The molecule has 1 aliphatic rings. The smallest absolute Gasteiger partial charge is 0.414 e. The van der Waals surface area contributed by atoms with Crippen LogP contribution in [0.1, 0.15) is 37.8 Å². The van der Waals surface area contributed by atoms with E-state index < -0.39 is 12.2 Å². The molecule has 1 fully saturated rings. The minimum absolute atomic E-state index is 0.0273. The van der Waals surface area contributed by atoms with Crippen molar-refractivity contribution in [3.05, 3.63) is 71.8 Å². The second-order valence-corrected chi connectivity index (χ2v) is 8.51. The van der Waals surface area contributed by atoms with Crippen LogP contribution in [0.25, 0.3) is 0 Å². The van der Waals surface area contributed by atoms with E-state index in [1.54, 1.807) is 0 Å². The van der Waals surface area contributed by atoms with Crippen LogP contribution in [0.5, 0.6) is 0 Å². The summed E-state index contributed by atoms with van der Waals surface area (Å²) in [5.41, 5.74) is 1.42. The van der Waals surface area contributed by atoms with Crippen molar-refractivity contribution in [3.63, 3.8) is 0 Å². The Morgan fingerprint density at radius 1 is 0.912 bits per heavy atom. The van der Waals surface area contributed by atoms with Gasteiger partial charge in [-0.2, -0.15) is 0 Å². The number of β-lactam (4-membered cyclic amide) rings is 1. The molecule has 0 saturated carbocycles. The second kappa shape index (κ2) is 11.8. The van der Waals surface area contributed by atoms with Gasteiger partial charge in [0, 0.05) is 12.1 Å². The number of benzene rings is 2. The van der Waals surface area contributed by atoms with E-state index in [0.29, 0.717) is 19.4 Å². The molecule has 0 aliphatic carbocycles. The minimum atomic E-state index is -0.759.